The Morgan fingerprint density at radius 3 is 2.14 bits per heavy atom. The number of hydrogen-bond donors (Lipinski definition) is 1. The van der Waals surface area contributed by atoms with E-state index in [1.54, 1.807) is 21.3 Å². The maximum absolute atomic E-state index is 5.60. The van der Waals surface area contributed by atoms with Gasteiger partial charge >= 0.3 is 0 Å². The van der Waals surface area contributed by atoms with Crippen LogP contribution in [0.3, 0.4) is 0 Å². The first kappa shape index (κ1) is 17.6. The number of rotatable bonds is 9. The van der Waals surface area contributed by atoms with E-state index in [0.29, 0.717) is 11.5 Å². The molecule has 0 fully saturated rings. The first-order valence-electron chi connectivity index (χ1n) is 7.52. The Morgan fingerprint density at radius 2 is 1.62 bits per heavy atom. The molecule has 1 N–H and O–H groups in total. The molecule has 1 aromatic rings. The average molecular weight is 295 g/mol. The normalized spacial score (nSPS) is 11.3. The molecule has 0 saturated heterocycles. The van der Waals surface area contributed by atoms with Crippen molar-refractivity contribution in [2.24, 2.45) is 0 Å². The maximum atomic E-state index is 5.60. The van der Waals surface area contributed by atoms with Crippen molar-refractivity contribution in [2.45, 2.75) is 39.0 Å². The Labute approximate surface area is 128 Å². The molecule has 0 bridgehead atoms. The molecule has 0 heterocycles. The number of hydrogen-bond acceptors (Lipinski definition) is 4. The summed E-state index contributed by atoms with van der Waals surface area (Å²) in [7, 11) is 4.95. The summed E-state index contributed by atoms with van der Waals surface area (Å²) >= 11 is 0. The highest BCUT2D eigenvalue weighted by atomic mass is 16.5. The fourth-order valence-electron chi connectivity index (χ4n) is 2.47. The first-order valence-corrected chi connectivity index (χ1v) is 7.52. The third-order valence-corrected chi connectivity index (χ3v) is 3.79. The van der Waals surface area contributed by atoms with E-state index in [0.717, 1.165) is 37.2 Å². The number of benzene rings is 1. The Morgan fingerprint density at radius 1 is 0.952 bits per heavy atom. The molecule has 0 aliphatic rings. The van der Waals surface area contributed by atoms with E-state index in [1.165, 1.54) is 0 Å². The minimum Gasteiger partial charge on any atom is -0.493 e. The molecule has 0 radical (unpaired) electrons. The smallest absolute Gasteiger partial charge is 0.203 e. The molecule has 1 rings (SSSR count). The predicted molar refractivity (Wildman–Crippen MR) is 86.9 cm³/mol. The number of ether oxygens (including phenoxy) is 3. The van der Waals surface area contributed by atoms with Crippen molar-refractivity contribution in [2.75, 3.05) is 34.4 Å². The zero-order chi connectivity index (χ0) is 15.9. The van der Waals surface area contributed by atoms with Gasteiger partial charge in [-0.25, -0.2) is 0 Å². The zero-order valence-electron chi connectivity index (χ0n) is 14.2. The summed E-state index contributed by atoms with van der Waals surface area (Å²) in [6, 6.07) is 4.01. The fraction of sp³-hybridized carbons (Fsp3) is 0.647. The molecule has 0 spiro atoms. The van der Waals surface area contributed by atoms with Crippen LogP contribution in [-0.2, 0) is 5.41 Å². The van der Waals surface area contributed by atoms with Crippen LogP contribution >= 0.6 is 0 Å². The Balaban J connectivity index is 3.04. The van der Waals surface area contributed by atoms with Gasteiger partial charge < -0.3 is 19.5 Å². The van der Waals surface area contributed by atoms with E-state index >= 15 is 0 Å². The summed E-state index contributed by atoms with van der Waals surface area (Å²) in [6.07, 6.45) is 2.18. The summed E-state index contributed by atoms with van der Waals surface area (Å²) in [5.41, 5.74) is 1.13. The second-order valence-electron chi connectivity index (χ2n) is 5.77. The van der Waals surface area contributed by atoms with E-state index in [1.807, 2.05) is 6.07 Å². The van der Waals surface area contributed by atoms with Gasteiger partial charge in [0, 0.05) is 5.56 Å². The molecule has 21 heavy (non-hydrogen) atoms. The van der Waals surface area contributed by atoms with E-state index in [2.05, 4.69) is 32.2 Å². The van der Waals surface area contributed by atoms with Gasteiger partial charge in [0.15, 0.2) is 11.5 Å². The molecule has 4 nitrogen and oxygen atoms in total. The van der Waals surface area contributed by atoms with Gasteiger partial charge in [-0.1, -0.05) is 26.8 Å². The standard InChI is InChI=1S/C17H29NO3/c1-7-11-18-12-10-17(2,3)13-8-9-14(19-4)16(21-6)15(13)20-5/h8-9,18H,7,10-12H2,1-6H3. The van der Waals surface area contributed by atoms with Crippen molar-refractivity contribution < 1.29 is 14.2 Å². The van der Waals surface area contributed by atoms with Crippen molar-refractivity contribution in [1.29, 1.82) is 0 Å². The second-order valence-corrected chi connectivity index (χ2v) is 5.77. The highest BCUT2D eigenvalue weighted by Gasteiger charge is 2.27. The van der Waals surface area contributed by atoms with Crippen LogP contribution in [0.2, 0.25) is 0 Å². The molecule has 120 valence electrons. The highest BCUT2D eigenvalue weighted by Crippen LogP contribution is 2.45. The van der Waals surface area contributed by atoms with Gasteiger partial charge in [0.1, 0.15) is 0 Å². The first-order chi connectivity index (χ1) is 10.0. The Hall–Kier alpha value is -1.42. The molecular weight excluding hydrogens is 266 g/mol. The molecule has 1 aromatic carbocycles. The molecule has 0 unspecified atom stereocenters. The fourth-order valence-corrected chi connectivity index (χ4v) is 2.47. The Kier molecular flexibility index (Phi) is 6.82. The van der Waals surface area contributed by atoms with E-state index in [9.17, 15) is 0 Å². The van der Waals surface area contributed by atoms with Gasteiger partial charge in [-0.05, 0) is 37.4 Å². The van der Waals surface area contributed by atoms with Gasteiger partial charge in [-0.3, -0.25) is 0 Å². The maximum Gasteiger partial charge on any atom is 0.203 e. The topological polar surface area (TPSA) is 39.7 Å². The van der Waals surface area contributed by atoms with Crippen LogP contribution in [0.4, 0.5) is 0 Å². The SMILES string of the molecule is CCCNCCC(C)(C)c1ccc(OC)c(OC)c1OC. The molecule has 0 saturated carbocycles. The summed E-state index contributed by atoms with van der Waals surface area (Å²) in [5, 5.41) is 3.45. The lowest BCUT2D eigenvalue weighted by Gasteiger charge is -2.28. The molecular formula is C17H29NO3. The summed E-state index contributed by atoms with van der Waals surface area (Å²) < 4.78 is 16.4. The quantitative estimate of drug-likeness (QED) is 0.709. The van der Waals surface area contributed by atoms with Crippen LogP contribution in [0.25, 0.3) is 0 Å². The van der Waals surface area contributed by atoms with Crippen molar-refractivity contribution in [1.82, 2.24) is 5.32 Å². The van der Waals surface area contributed by atoms with Crippen LogP contribution in [0.1, 0.15) is 39.2 Å². The van der Waals surface area contributed by atoms with Crippen molar-refractivity contribution in [3.8, 4) is 17.2 Å². The van der Waals surface area contributed by atoms with E-state index in [4.69, 9.17) is 14.2 Å². The van der Waals surface area contributed by atoms with Crippen LogP contribution in [0, 0.1) is 0 Å². The predicted octanol–water partition coefficient (Wildman–Crippen LogP) is 3.38. The average Bonchev–Trinajstić information content (AvgIpc) is 2.49. The minimum absolute atomic E-state index is 0.00830. The zero-order valence-corrected chi connectivity index (χ0v) is 14.2. The number of nitrogens with one attached hydrogen (secondary N) is 1. The lowest BCUT2D eigenvalue weighted by atomic mass is 9.80. The third kappa shape index (κ3) is 4.27. The summed E-state index contributed by atoms with van der Waals surface area (Å²) in [6.45, 7) is 8.67. The lowest BCUT2D eigenvalue weighted by Crippen LogP contribution is -2.26. The molecule has 0 aliphatic carbocycles. The van der Waals surface area contributed by atoms with Gasteiger partial charge in [0.25, 0.3) is 0 Å². The molecule has 4 heteroatoms. The minimum atomic E-state index is -0.00830. The largest absolute Gasteiger partial charge is 0.493 e. The lowest BCUT2D eigenvalue weighted by molar-refractivity contribution is 0.315. The van der Waals surface area contributed by atoms with Crippen LogP contribution in [-0.4, -0.2) is 34.4 Å². The van der Waals surface area contributed by atoms with Crippen molar-refractivity contribution >= 4 is 0 Å². The van der Waals surface area contributed by atoms with Crippen LogP contribution in [0.15, 0.2) is 12.1 Å². The molecule has 0 atom stereocenters. The van der Waals surface area contributed by atoms with Gasteiger partial charge in [-0.2, -0.15) is 0 Å². The summed E-state index contributed by atoms with van der Waals surface area (Å²) in [5.74, 6) is 2.11. The van der Waals surface area contributed by atoms with Crippen LogP contribution < -0.4 is 19.5 Å². The van der Waals surface area contributed by atoms with Crippen LogP contribution in [0.5, 0.6) is 17.2 Å². The second kappa shape index (κ2) is 8.13. The van der Waals surface area contributed by atoms with E-state index in [-0.39, 0.29) is 5.41 Å². The monoisotopic (exact) mass is 295 g/mol. The van der Waals surface area contributed by atoms with Crippen molar-refractivity contribution in [3.63, 3.8) is 0 Å². The molecule has 0 amide bonds. The number of methoxy groups -OCH3 is 3. The van der Waals surface area contributed by atoms with E-state index < -0.39 is 0 Å². The Bertz CT molecular complexity index is 444. The molecule has 0 aromatic heterocycles. The van der Waals surface area contributed by atoms with Gasteiger partial charge in [0.05, 0.1) is 21.3 Å². The van der Waals surface area contributed by atoms with Crippen molar-refractivity contribution in [3.05, 3.63) is 17.7 Å². The van der Waals surface area contributed by atoms with Gasteiger partial charge in [-0.15, -0.1) is 0 Å². The van der Waals surface area contributed by atoms with Gasteiger partial charge in [0.2, 0.25) is 5.75 Å². The highest BCUT2D eigenvalue weighted by molar-refractivity contribution is 5.57. The summed E-state index contributed by atoms with van der Waals surface area (Å²) in [4.78, 5) is 0. The molecule has 0 aliphatic heterocycles. The third-order valence-electron chi connectivity index (χ3n) is 3.79.